The third kappa shape index (κ3) is 2.53. The monoisotopic (exact) mass is 247 g/mol. The van der Waals surface area contributed by atoms with E-state index < -0.39 is 0 Å². The molecule has 0 spiro atoms. The van der Waals surface area contributed by atoms with E-state index in [2.05, 4.69) is 25.4 Å². The van der Waals surface area contributed by atoms with Crippen molar-refractivity contribution in [2.24, 2.45) is 0 Å². The van der Waals surface area contributed by atoms with Gasteiger partial charge in [0.15, 0.2) is 0 Å². The quantitative estimate of drug-likeness (QED) is 0.885. The van der Waals surface area contributed by atoms with Gasteiger partial charge in [0.2, 0.25) is 17.5 Å². The van der Waals surface area contributed by atoms with Crippen LogP contribution < -0.4 is 5.32 Å². The number of nitrogens with zero attached hydrogens (tertiary/aromatic N) is 4. The predicted molar refractivity (Wildman–Crippen MR) is 66.8 cm³/mol. The third-order valence-electron chi connectivity index (χ3n) is 2.56. The SMILES string of the molecule is CCNC(C)(C)c1nc(-c2ncc(C)cn2)no1. The van der Waals surface area contributed by atoms with Crippen LogP contribution in [0.3, 0.4) is 0 Å². The van der Waals surface area contributed by atoms with Gasteiger partial charge in [-0.25, -0.2) is 9.97 Å². The summed E-state index contributed by atoms with van der Waals surface area (Å²) in [6.45, 7) is 8.77. The summed E-state index contributed by atoms with van der Waals surface area (Å²) in [6.07, 6.45) is 3.46. The van der Waals surface area contributed by atoms with Gasteiger partial charge >= 0.3 is 0 Å². The van der Waals surface area contributed by atoms with E-state index in [4.69, 9.17) is 4.52 Å². The molecule has 0 saturated carbocycles. The molecule has 18 heavy (non-hydrogen) atoms. The lowest BCUT2D eigenvalue weighted by atomic mass is 10.1. The van der Waals surface area contributed by atoms with Gasteiger partial charge in [-0.2, -0.15) is 4.98 Å². The van der Waals surface area contributed by atoms with E-state index in [-0.39, 0.29) is 5.54 Å². The standard InChI is InChI=1S/C12H17N5O/c1-5-15-12(3,4)11-16-10(17-18-11)9-13-6-8(2)7-14-9/h6-7,15H,5H2,1-4H3. The van der Waals surface area contributed by atoms with E-state index in [9.17, 15) is 0 Å². The highest BCUT2D eigenvalue weighted by Crippen LogP contribution is 2.20. The molecule has 0 bridgehead atoms. The second-order valence-corrected chi connectivity index (χ2v) is 4.66. The average Bonchev–Trinajstić information content (AvgIpc) is 2.80. The van der Waals surface area contributed by atoms with Gasteiger partial charge in [0.25, 0.3) is 0 Å². The van der Waals surface area contributed by atoms with E-state index in [1.165, 1.54) is 0 Å². The van der Waals surface area contributed by atoms with Gasteiger partial charge in [-0.15, -0.1) is 0 Å². The minimum atomic E-state index is -0.356. The first-order valence-corrected chi connectivity index (χ1v) is 5.91. The molecule has 1 N–H and O–H groups in total. The molecule has 0 atom stereocenters. The summed E-state index contributed by atoms with van der Waals surface area (Å²) in [5.41, 5.74) is 0.639. The van der Waals surface area contributed by atoms with Crippen molar-refractivity contribution in [2.45, 2.75) is 33.2 Å². The Bertz CT molecular complexity index is 518. The fraction of sp³-hybridized carbons (Fsp3) is 0.500. The van der Waals surface area contributed by atoms with Crippen molar-refractivity contribution < 1.29 is 4.52 Å². The molecule has 0 unspecified atom stereocenters. The molecule has 0 saturated heterocycles. The molecule has 0 amide bonds. The van der Waals surface area contributed by atoms with Crippen molar-refractivity contribution >= 4 is 0 Å². The van der Waals surface area contributed by atoms with E-state index in [0.717, 1.165) is 12.1 Å². The van der Waals surface area contributed by atoms with E-state index in [1.807, 2.05) is 27.7 Å². The van der Waals surface area contributed by atoms with Crippen molar-refractivity contribution in [2.75, 3.05) is 6.54 Å². The average molecular weight is 247 g/mol. The van der Waals surface area contributed by atoms with Crippen LogP contribution in [0, 0.1) is 6.92 Å². The molecule has 6 heteroatoms. The minimum Gasteiger partial charge on any atom is -0.337 e. The van der Waals surface area contributed by atoms with Gasteiger partial charge in [-0.05, 0) is 32.9 Å². The lowest BCUT2D eigenvalue weighted by Crippen LogP contribution is -2.36. The van der Waals surface area contributed by atoms with E-state index >= 15 is 0 Å². The van der Waals surface area contributed by atoms with Gasteiger partial charge in [0.1, 0.15) is 0 Å². The number of rotatable bonds is 4. The maximum absolute atomic E-state index is 5.26. The molecule has 96 valence electrons. The lowest BCUT2D eigenvalue weighted by molar-refractivity contribution is 0.272. The summed E-state index contributed by atoms with van der Waals surface area (Å²) in [4.78, 5) is 12.7. The molecule has 2 aromatic heterocycles. The Hall–Kier alpha value is -1.82. The number of aromatic nitrogens is 4. The van der Waals surface area contributed by atoms with Crippen molar-refractivity contribution in [3.8, 4) is 11.6 Å². The Balaban J connectivity index is 2.28. The van der Waals surface area contributed by atoms with Gasteiger partial charge in [0, 0.05) is 12.4 Å². The van der Waals surface area contributed by atoms with Crippen molar-refractivity contribution in [3.63, 3.8) is 0 Å². The largest absolute Gasteiger partial charge is 0.337 e. The highest BCUT2D eigenvalue weighted by Gasteiger charge is 2.27. The normalized spacial score (nSPS) is 11.8. The fourth-order valence-electron chi connectivity index (χ4n) is 1.59. The summed E-state index contributed by atoms with van der Waals surface area (Å²) in [5.74, 6) is 1.42. The number of hydrogen-bond donors (Lipinski definition) is 1. The Kier molecular flexibility index (Phi) is 3.38. The molecule has 2 aromatic rings. The maximum Gasteiger partial charge on any atom is 0.246 e. The van der Waals surface area contributed by atoms with Crippen LogP contribution in [0.4, 0.5) is 0 Å². The predicted octanol–water partition coefficient (Wildman–Crippen LogP) is 1.68. The zero-order chi connectivity index (χ0) is 13.2. The van der Waals surface area contributed by atoms with Gasteiger partial charge in [-0.3, -0.25) is 0 Å². The van der Waals surface area contributed by atoms with Gasteiger partial charge < -0.3 is 9.84 Å². The van der Waals surface area contributed by atoms with Crippen LogP contribution in [0.2, 0.25) is 0 Å². The van der Waals surface area contributed by atoms with Crippen LogP contribution in [0.25, 0.3) is 11.6 Å². The molecule has 0 radical (unpaired) electrons. The van der Waals surface area contributed by atoms with Crippen molar-refractivity contribution in [1.29, 1.82) is 0 Å². The Labute approximate surface area is 106 Å². The van der Waals surface area contributed by atoms with Gasteiger partial charge in [0.05, 0.1) is 5.54 Å². The number of aryl methyl sites for hydroxylation is 1. The highest BCUT2D eigenvalue weighted by atomic mass is 16.5. The van der Waals surface area contributed by atoms with E-state index in [1.54, 1.807) is 12.4 Å². The van der Waals surface area contributed by atoms with Crippen molar-refractivity contribution in [3.05, 3.63) is 23.8 Å². The Morgan fingerprint density at radius 3 is 2.50 bits per heavy atom. The molecule has 0 aliphatic rings. The van der Waals surface area contributed by atoms with E-state index in [0.29, 0.717) is 17.5 Å². The fourth-order valence-corrected chi connectivity index (χ4v) is 1.59. The third-order valence-corrected chi connectivity index (χ3v) is 2.56. The first-order chi connectivity index (χ1) is 8.53. The summed E-state index contributed by atoms with van der Waals surface area (Å²) in [7, 11) is 0. The zero-order valence-corrected chi connectivity index (χ0v) is 11.1. The first-order valence-electron chi connectivity index (χ1n) is 5.91. The molecule has 0 aromatic carbocycles. The van der Waals surface area contributed by atoms with Crippen LogP contribution in [-0.2, 0) is 5.54 Å². The summed E-state index contributed by atoms with van der Waals surface area (Å²) in [5, 5.41) is 7.19. The summed E-state index contributed by atoms with van der Waals surface area (Å²) >= 11 is 0. The molecule has 0 aliphatic heterocycles. The summed E-state index contributed by atoms with van der Waals surface area (Å²) < 4.78 is 5.26. The highest BCUT2D eigenvalue weighted by molar-refractivity contribution is 5.41. The molecule has 0 fully saturated rings. The second-order valence-electron chi connectivity index (χ2n) is 4.66. The van der Waals surface area contributed by atoms with Crippen LogP contribution >= 0.6 is 0 Å². The van der Waals surface area contributed by atoms with Crippen LogP contribution in [-0.4, -0.2) is 26.7 Å². The zero-order valence-electron chi connectivity index (χ0n) is 11.1. The van der Waals surface area contributed by atoms with Crippen LogP contribution in [0.5, 0.6) is 0 Å². The van der Waals surface area contributed by atoms with Crippen LogP contribution in [0.15, 0.2) is 16.9 Å². The molecule has 2 rings (SSSR count). The van der Waals surface area contributed by atoms with Crippen LogP contribution in [0.1, 0.15) is 32.2 Å². The summed E-state index contributed by atoms with van der Waals surface area (Å²) in [6, 6.07) is 0. The maximum atomic E-state index is 5.26. The topological polar surface area (TPSA) is 76.7 Å². The molecule has 6 nitrogen and oxygen atoms in total. The van der Waals surface area contributed by atoms with Crippen molar-refractivity contribution in [1.82, 2.24) is 25.4 Å². The smallest absolute Gasteiger partial charge is 0.246 e. The molecular formula is C12H17N5O. The molecule has 0 aliphatic carbocycles. The number of nitrogens with one attached hydrogen (secondary N) is 1. The number of hydrogen-bond acceptors (Lipinski definition) is 6. The Morgan fingerprint density at radius 2 is 1.89 bits per heavy atom. The minimum absolute atomic E-state index is 0.356. The molecular weight excluding hydrogens is 230 g/mol. The van der Waals surface area contributed by atoms with Gasteiger partial charge in [-0.1, -0.05) is 12.1 Å². The first kappa shape index (κ1) is 12.6. The molecule has 2 heterocycles. The second kappa shape index (κ2) is 4.81. The Morgan fingerprint density at radius 1 is 1.22 bits per heavy atom. The lowest BCUT2D eigenvalue weighted by Gasteiger charge is -2.20.